The highest BCUT2D eigenvalue weighted by Crippen LogP contribution is 2.23. The maximum absolute atomic E-state index is 5.20. The summed E-state index contributed by atoms with van der Waals surface area (Å²) in [4.78, 5) is 2.50. The molecule has 0 spiro atoms. The summed E-state index contributed by atoms with van der Waals surface area (Å²) in [6.45, 7) is 6.63. The first-order valence-electron chi connectivity index (χ1n) is 6.38. The molecule has 2 atom stereocenters. The zero-order chi connectivity index (χ0) is 12.3. The highest BCUT2D eigenvalue weighted by Gasteiger charge is 2.24. The van der Waals surface area contributed by atoms with Gasteiger partial charge in [-0.2, -0.15) is 0 Å². The van der Waals surface area contributed by atoms with Crippen molar-refractivity contribution in [2.45, 2.75) is 32.4 Å². The van der Waals surface area contributed by atoms with E-state index in [1.165, 1.54) is 12.1 Å². The van der Waals surface area contributed by atoms with E-state index in [0.717, 1.165) is 18.8 Å². The Kier molecular flexibility index (Phi) is 3.89. The molecule has 1 saturated heterocycles. The summed E-state index contributed by atoms with van der Waals surface area (Å²) in [6, 6.07) is 9.53. The van der Waals surface area contributed by atoms with Crippen molar-refractivity contribution in [2.24, 2.45) is 0 Å². The van der Waals surface area contributed by atoms with E-state index in [9.17, 15) is 0 Å². The molecule has 1 aliphatic rings. The third-order valence-corrected chi connectivity index (χ3v) is 3.49. The molecule has 1 heterocycles. The molecule has 0 radical (unpaired) electrons. The first kappa shape index (κ1) is 12.2. The van der Waals surface area contributed by atoms with Crippen molar-refractivity contribution in [1.82, 2.24) is 5.32 Å². The summed E-state index contributed by atoms with van der Waals surface area (Å²) in [5, 5.41) is 3.54. The standard InChI is InChI=1S/C14H22N2O/c1-4-12-9-15-11(2)10-16(12)13-5-7-14(17-3)8-6-13/h5-8,11-12,15H,4,9-10H2,1-3H3. The molecule has 1 aromatic rings. The third kappa shape index (κ3) is 2.72. The minimum Gasteiger partial charge on any atom is -0.497 e. The molecule has 0 aromatic heterocycles. The molecule has 0 aliphatic carbocycles. The average molecular weight is 234 g/mol. The molecule has 2 rings (SSSR count). The number of benzene rings is 1. The highest BCUT2D eigenvalue weighted by atomic mass is 16.5. The number of rotatable bonds is 3. The van der Waals surface area contributed by atoms with Gasteiger partial charge in [-0.3, -0.25) is 0 Å². The van der Waals surface area contributed by atoms with Gasteiger partial charge >= 0.3 is 0 Å². The molecule has 94 valence electrons. The molecule has 0 saturated carbocycles. The van der Waals surface area contributed by atoms with Crippen LogP contribution in [0.15, 0.2) is 24.3 Å². The van der Waals surface area contributed by atoms with Crippen molar-refractivity contribution in [3.8, 4) is 5.75 Å². The van der Waals surface area contributed by atoms with Crippen molar-refractivity contribution in [2.75, 3.05) is 25.1 Å². The fourth-order valence-corrected chi connectivity index (χ4v) is 2.41. The molecule has 1 fully saturated rings. The molecular formula is C14H22N2O. The van der Waals surface area contributed by atoms with Gasteiger partial charge in [-0.05, 0) is 37.6 Å². The van der Waals surface area contributed by atoms with Gasteiger partial charge in [0.1, 0.15) is 5.75 Å². The predicted molar refractivity (Wildman–Crippen MR) is 71.9 cm³/mol. The Labute approximate surface area is 104 Å². The lowest BCUT2D eigenvalue weighted by Gasteiger charge is -2.40. The van der Waals surface area contributed by atoms with Gasteiger partial charge in [-0.15, -0.1) is 0 Å². The Morgan fingerprint density at radius 2 is 2.06 bits per heavy atom. The van der Waals surface area contributed by atoms with E-state index in [4.69, 9.17) is 4.74 Å². The predicted octanol–water partition coefficient (Wildman–Crippen LogP) is 2.27. The van der Waals surface area contributed by atoms with Crippen LogP contribution in [-0.4, -0.2) is 32.3 Å². The minimum absolute atomic E-state index is 0.555. The first-order valence-corrected chi connectivity index (χ1v) is 6.38. The van der Waals surface area contributed by atoms with Gasteiger partial charge in [0.05, 0.1) is 7.11 Å². The smallest absolute Gasteiger partial charge is 0.119 e. The van der Waals surface area contributed by atoms with Crippen LogP contribution >= 0.6 is 0 Å². The zero-order valence-electron chi connectivity index (χ0n) is 10.9. The Bertz CT molecular complexity index is 350. The van der Waals surface area contributed by atoms with E-state index in [0.29, 0.717) is 12.1 Å². The van der Waals surface area contributed by atoms with Crippen molar-refractivity contribution in [3.05, 3.63) is 24.3 Å². The second-order valence-corrected chi connectivity index (χ2v) is 4.72. The van der Waals surface area contributed by atoms with Crippen LogP contribution in [-0.2, 0) is 0 Å². The zero-order valence-corrected chi connectivity index (χ0v) is 10.9. The third-order valence-electron chi connectivity index (χ3n) is 3.49. The first-order chi connectivity index (χ1) is 8.24. The van der Waals surface area contributed by atoms with Crippen LogP contribution in [0.4, 0.5) is 5.69 Å². The fraction of sp³-hybridized carbons (Fsp3) is 0.571. The van der Waals surface area contributed by atoms with Crippen molar-refractivity contribution in [3.63, 3.8) is 0 Å². The topological polar surface area (TPSA) is 24.5 Å². The molecule has 2 unspecified atom stereocenters. The Morgan fingerprint density at radius 1 is 1.35 bits per heavy atom. The van der Waals surface area contributed by atoms with Crippen LogP contribution in [0.1, 0.15) is 20.3 Å². The Balaban J connectivity index is 2.16. The quantitative estimate of drug-likeness (QED) is 0.868. The van der Waals surface area contributed by atoms with E-state index in [1.807, 2.05) is 12.1 Å². The number of piperazine rings is 1. The van der Waals surface area contributed by atoms with Crippen molar-refractivity contribution >= 4 is 5.69 Å². The number of ether oxygens (including phenoxy) is 1. The normalized spacial score (nSPS) is 24.8. The van der Waals surface area contributed by atoms with Gasteiger partial charge in [0.2, 0.25) is 0 Å². The van der Waals surface area contributed by atoms with E-state index >= 15 is 0 Å². The summed E-state index contributed by atoms with van der Waals surface area (Å²) in [7, 11) is 1.71. The maximum Gasteiger partial charge on any atom is 0.119 e. The highest BCUT2D eigenvalue weighted by molar-refractivity contribution is 5.50. The largest absolute Gasteiger partial charge is 0.497 e. The van der Waals surface area contributed by atoms with Crippen LogP contribution in [0.5, 0.6) is 5.75 Å². The van der Waals surface area contributed by atoms with E-state index in [2.05, 4.69) is 36.2 Å². The van der Waals surface area contributed by atoms with Gasteiger partial charge in [-0.25, -0.2) is 0 Å². The molecule has 1 N–H and O–H groups in total. The van der Waals surface area contributed by atoms with Gasteiger partial charge in [0.25, 0.3) is 0 Å². The van der Waals surface area contributed by atoms with Gasteiger partial charge in [-0.1, -0.05) is 6.92 Å². The van der Waals surface area contributed by atoms with Crippen LogP contribution in [0, 0.1) is 0 Å². The molecule has 3 nitrogen and oxygen atoms in total. The lowest BCUT2D eigenvalue weighted by Crippen LogP contribution is -2.55. The van der Waals surface area contributed by atoms with E-state index in [-0.39, 0.29) is 0 Å². The number of anilines is 1. The summed E-state index contributed by atoms with van der Waals surface area (Å²) in [6.07, 6.45) is 1.17. The molecule has 3 heteroatoms. The molecule has 0 bridgehead atoms. The van der Waals surface area contributed by atoms with E-state index < -0.39 is 0 Å². The SMILES string of the molecule is CCC1CNC(C)CN1c1ccc(OC)cc1. The van der Waals surface area contributed by atoms with Crippen LogP contribution in [0.25, 0.3) is 0 Å². The van der Waals surface area contributed by atoms with Gasteiger partial charge in [0.15, 0.2) is 0 Å². The Hall–Kier alpha value is -1.22. The fourth-order valence-electron chi connectivity index (χ4n) is 2.41. The van der Waals surface area contributed by atoms with Crippen molar-refractivity contribution < 1.29 is 4.74 Å². The molecule has 17 heavy (non-hydrogen) atoms. The van der Waals surface area contributed by atoms with Gasteiger partial charge in [0, 0.05) is 30.9 Å². The van der Waals surface area contributed by atoms with Crippen LogP contribution in [0.3, 0.4) is 0 Å². The molecule has 0 amide bonds. The van der Waals surface area contributed by atoms with Crippen molar-refractivity contribution in [1.29, 1.82) is 0 Å². The number of hydrogen-bond acceptors (Lipinski definition) is 3. The monoisotopic (exact) mass is 234 g/mol. The summed E-state index contributed by atoms with van der Waals surface area (Å²) < 4.78 is 5.20. The summed E-state index contributed by atoms with van der Waals surface area (Å²) in [5.41, 5.74) is 1.30. The van der Waals surface area contributed by atoms with Crippen LogP contribution in [0.2, 0.25) is 0 Å². The number of nitrogens with one attached hydrogen (secondary N) is 1. The molecule has 1 aliphatic heterocycles. The van der Waals surface area contributed by atoms with Crippen LogP contribution < -0.4 is 15.0 Å². The second-order valence-electron chi connectivity index (χ2n) is 4.72. The second kappa shape index (κ2) is 5.41. The molecular weight excluding hydrogens is 212 g/mol. The Morgan fingerprint density at radius 3 is 2.65 bits per heavy atom. The summed E-state index contributed by atoms with van der Waals surface area (Å²) >= 11 is 0. The van der Waals surface area contributed by atoms with Gasteiger partial charge < -0.3 is 15.0 Å². The number of hydrogen-bond donors (Lipinski definition) is 1. The lowest BCUT2D eigenvalue weighted by atomic mass is 10.1. The number of methoxy groups -OCH3 is 1. The maximum atomic E-state index is 5.20. The lowest BCUT2D eigenvalue weighted by molar-refractivity contribution is 0.401. The minimum atomic E-state index is 0.555. The van der Waals surface area contributed by atoms with E-state index in [1.54, 1.807) is 7.11 Å². The number of nitrogens with zero attached hydrogens (tertiary/aromatic N) is 1. The molecule has 1 aromatic carbocycles. The summed E-state index contributed by atoms with van der Waals surface area (Å²) in [5.74, 6) is 0.921. The average Bonchev–Trinajstić information content (AvgIpc) is 2.39.